The largest absolute Gasteiger partial charge is 0.443 e. The van der Waals surface area contributed by atoms with Gasteiger partial charge in [0, 0.05) is 25.1 Å². The first-order valence-electron chi connectivity index (χ1n) is 10.7. The van der Waals surface area contributed by atoms with E-state index in [1.165, 1.54) is 6.92 Å². The number of unbranched alkanes of at least 4 members (excludes halogenated alkanes) is 1. The summed E-state index contributed by atoms with van der Waals surface area (Å²) in [7, 11) is -4.33. The van der Waals surface area contributed by atoms with E-state index in [2.05, 4.69) is 15.6 Å². The Morgan fingerprint density at radius 1 is 1.15 bits per heavy atom. The number of pyridine rings is 1. The molecule has 0 aliphatic rings. The zero-order chi connectivity index (χ0) is 25.5. The van der Waals surface area contributed by atoms with E-state index in [9.17, 15) is 22.8 Å². The molecule has 1 aromatic carbocycles. The lowest BCUT2D eigenvalue weighted by Gasteiger charge is -2.25. The molecule has 0 fully saturated rings. The minimum Gasteiger partial charge on any atom is -0.443 e. The summed E-state index contributed by atoms with van der Waals surface area (Å²) in [6.45, 7) is 5.89. The van der Waals surface area contributed by atoms with Crippen LogP contribution in [0.5, 0.6) is 0 Å². The minimum atomic E-state index is -4.33. The minimum absolute atomic E-state index is 0.203. The maximum absolute atomic E-state index is 12.9. The molecule has 11 nitrogen and oxygen atoms in total. The number of nitrogens with two attached hydrogens (primary N) is 1. The van der Waals surface area contributed by atoms with Crippen LogP contribution < -0.4 is 15.8 Å². The quantitative estimate of drug-likeness (QED) is 0.452. The van der Waals surface area contributed by atoms with Crippen LogP contribution in [-0.2, 0) is 24.5 Å². The molecule has 0 unspecified atom stereocenters. The first kappa shape index (κ1) is 27.0. The Bertz CT molecular complexity index is 1140. The molecule has 1 heterocycles. The summed E-state index contributed by atoms with van der Waals surface area (Å²) < 4.78 is 29.2. The van der Waals surface area contributed by atoms with Crippen LogP contribution in [0.25, 0.3) is 10.9 Å². The molecular formula is C22H31N5O6S. The number of nitrogens with zero attached hydrogens (tertiary/aromatic N) is 2. The Morgan fingerprint density at radius 2 is 1.82 bits per heavy atom. The number of benzene rings is 1. The molecule has 0 radical (unpaired) electrons. The summed E-state index contributed by atoms with van der Waals surface area (Å²) in [5.74, 6) is -0.833. The predicted molar refractivity (Wildman–Crippen MR) is 128 cm³/mol. The standard InChI is InChI=1S/C22H31N5O6S/c1-15(28)25-18(20(29)26-17-12-7-9-16-10-8-13-24-19(16)17)11-5-6-14-27(34(23,31)32)21(30)33-22(2,3)4/h7-10,12-13,18H,5-6,11,14H2,1-4H3,(H,25,28)(H,26,29)(H2,23,31,32)/t18-/m0/s1. The van der Waals surface area contributed by atoms with E-state index in [4.69, 9.17) is 9.88 Å². The van der Waals surface area contributed by atoms with Gasteiger partial charge in [0.25, 0.3) is 0 Å². The zero-order valence-electron chi connectivity index (χ0n) is 19.7. The van der Waals surface area contributed by atoms with Crippen molar-refractivity contribution in [1.29, 1.82) is 0 Å². The third-order valence-corrected chi connectivity index (χ3v) is 5.54. The second kappa shape index (κ2) is 11.3. The summed E-state index contributed by atoms with van der Waals surface area (Å²) in [4.78, 5) is 41.0. The molecule has 2 rings (SSSR count). The SMILES string of the molecule is CC(=O)N[C@@H](CCCCN(C(=O)OC(C)(C)C)S(N)(=O)=O)C(=O)Nc1cccc2cccnc12. The van der Waals surface area contributed by atoms with Crippen LogP contribution in [-0.4, -0.2) is 53.8 Å². The molecule has 0 saturated carbocycles. The molecular weight excluding hydrogens is 462 g/mol. The Morgan fingerprint density at radius 3 is 2.44 bits per heavy atom. The zero-order valence-corrected chi connectivity index (χ0v) is 20.5. The van der Waals surface area contributed by atoms with Gasteiger partial charge in [-0.15, -0.1) is 0 Å². The number of ether oxygens (including phenoxy) is 1. The number of rotatable bonds is 9. The smallest absolute Gasteiger partial charge is 0.425 e. The van der Waals surface area contributed by atoms with E-state index in [0.717, 1.165) is 5.39 Å². The van der Waals surface area contributed by atoms with Gasteiger partial charge in [-0.05, 0) is 52.2 Å². The van der Waals surface area contributed by atoms with Gasteiger partial charge in [0.1, 0.15) is 11.6 Å². The van der Waals surface area contributed by atoms with Gasteiger partial charge < -0.3 is 15.4 Å². The number of carbonyl (C=O) groups excluding carboxylic acids is 3. The monoisotopic (exact) mass is 493 g/mol. The van der Waals surface area contributed by atoms with Crippen LogP contribution in [0.1, 0.15) is 47.0 Å². The van der Waals surface area contributed by atoms with Gasteiger partial charge >= 0.3 is 16.3 Å². The highest BCUT2D eigenvalue weighted by molar-refractivity contribution is 7.87. The van der Waals surface area contributed by atoms with E-state index in [-0.39, 0.29) is 19.4 Å². The van der Waals surface area contributed by atoms with Gasteiger partial charge in [-0.2, -0.15) is 12.7 Å². The van der Waals surface area contributed by atoms with Crippen molar-refractivity contribution in [2.24, 2.45) is 5.14 Å². The van der Waals surface area contributed by atoms with Gasteiger partial charge in [0.05, 0.1) is 11.2 Å². The Labute approximate surface area is 199 Å². The summed E-state index contributed by atoms with van der Waals surface area (Å²) in [6.07, 6.45) is 1.27. The third kappa shape index (κ3) is 8.27. The van der Waals surface area contributed by atoms with E-state index in [1.807, 2.05) is 12.1 Å². The van der Waals surface area contributed by atoms with Crippen molar-refractivity contribution in [3.8, 4) is 0 Å². The maximum Gasteiger partial charge on any atom is 0.425 e. The number of carbonyl (C=O) groups is 3. The Balaban J connectivity index is 2.03. The summed E-state index contributed by atoms with van der Waals surface area (Å²) in [5.41, 5.74) is 0.218. The van der Waals surface area contributed by atoms with Gasteiger partial charge in [0.15, 0.2) is 0 Å². The molecule has 186 valence electrons. The number of para-hydroxylation sites is 1. The van der Waals surface area contributed by atoms with Crippen molar-refractivity contribution in [3.63, 3.8) is 0 Å². The van der Waals surface area contributed by atoms with Crippen LogP contribution in [0.2, 0.25) is 0 Å². The number of anilines is 1. The van der Waals surface area contributed by atoms with Crippen molar-refractivity contribution in [3.05, 3.63) is 36.5 Å². The topological polar surface area (TPSA) is 161 Å². The lowest BCUT2D eigenvalue weighted by molar-refractivity contribution is -0.125. The van der Waals surface area contributed by atoms with Crippen molar-refractivity contribution < 1.29 is 27.5 Å². The number of nitrogens with one attached hydrogen (secondary N) is 2. The fourth-order valence-corrected chi connectivity index (χ4v) is 3.81. The molecule has 0 aliphatic heterocycles. The van der Waals surface area contributed by atoms with Gasteiger partial charge in [0.2, 0.25) is 11.8 Å². The highest BCUT2D eigenvalue weighted by atomic mass is 32.2. The van der Waals surface area contributed by atoms with E-state index in [1.54, 1.807) is 45.2 Å². The molecule has 0 bridgehead atoms. The lowest BCUT2D eigenvalue weighted by atomic mass is 10.1. The summed E-state index contributed by atoms with van der Waals surface area (Å²) in [5, 5.41) is 11.4. The number of aromatic nitrogens is 1. The molecule has 4 N–H and O–H groups in total. The van der Waals surface area contributed by atoms with Crippen LogP contribution >= 0.6 is 0 Å². The first-order valence-corrected chi connectivity index (χ1v) is 12.2. The molecule has 0 spiro atoms. The summed E-state index contributed by atoms with van der Waals surface area (Å²) >= 11 is 0. The number of hydrogen-bond acceptors (Lipinski definition) is 7. The van der Waals surface area contributed by atoms with E-state index >= 15 is 0 Å². The third-order valence-electron chi connectivity index (χ3n) is 4.59. The molecule has 1 aromatic heterocycles. The van der Waals surface area contributed by atoms with Gasteiger partial charge in [-0.1, -0.05) is 18.2 Å². The van der Waals surface area contributed by atoms with Crippen LogP contribution in [0.4, 0.5) is 10.5 Å². The molecule has 0 saturated heterocycles. The average molecular weight is 494 g/mol. The molecule has 1 atom stereocenters. The molecule has 12 heteroatoms. The van der Waals surface area contributed by atoms with Crippen LogP contribution in [0.15, 0.2) is 36.5 Å². The van der Waals surface area contributed by atoms with Crippen molar-refractivity contribution in [2.45, 2.75) is 58.6 Å². The first-order chi connectivity index (χ1) is 15.8. The fourth-order valence-electron chi connectivity index (χ4n) is 3.18. The van der Waals surface area contributed by atoms with Crippen LogP contribution in [0, 0.1) is 0 Å². The van der Waals surface area contributed by atoms with Crippen LogP contribution in [0.3, 0.4) is 0 Å². The fraction of sp³-hybridized carbons (Fsp3) is 0.455. The lowest BCUT2D eigenvalue weighted by Crippen LogP contribution is -2.45. The molecule has 0 aliphatic carbocycles. The highest BCUT2D eigenvalue weighted by Crippen LogP contribution is 2.21. The Kier molecular flexibility index (Phi) is 8.93. The number of fused-ring (bicyclic) bond motifs is 1. The van der Waals surface area contributed by atoms with E-state index < -0.39 is 39.8 Å². The highest BCUT2D eigenvalue weighted by Gasteiger charge is 2.29. The van der Waals surface area contributed by atoms with Crippen molar-refractivity contribution >= 4 is 44.7 Å². The average Bonchev–Trinajstić information content (AvgIpc) is 2.70. The Hall–Kier alpha value is -3.25. The number of hydrogen-bond donors (Lipinski definition) is 3. The number of amides is 3. The normalized spacial score (nSPS) is 12.6. The molecule has 3 amide bonds. The molecule has 2 aromatic rings. The van der Waals surface area contributed by atoms with Gasteiger partial charge in [-0.3, -0.25) is 14.6 Å². The predicted octanol–water partition coefficient (Wildman–Crippen LogP) is 2.29. The van der Waals surface area contributed by atoms with Gasteiger partial charge in [-0.25, -0.2) is 9.93 Å². The second-order valence-corrected chi connectivity index (χ2v) is 10.2. The summed E-state index contributed by atoms with van der Waals surface area (Å²) in [6, 6.07) is 8.14. The second-order valence-electron chi connectivity index (χ2n) is 8.72. The van der Waals surface area contributed by atoms with Crippen molar-refractivity contribution in [1.82, 2.24) is 14.6 Å². The molecule has 34 heavy (non-hydrogen) atoms. The maximum atomic E-state index is 12.9. The van der Waals surface area contributed by atoms with Crippen molar-refractivity contribution in [2.75, 3.05) is 11.9 Å². The van der Waals surface area contributed by atoms with E-state index in [0.29, 0.717) is 21.9 Å².